The molecule has 1 aromatic heterocycles. The quantitative estimate of drug-likeness (QED) is 0.0897. The van der Waals surface area contributed by atoms with Crippen molar-refractivity contribution in [1.29, 1.82) is 0 Å². The second-order valence-corrected chi connectivity index (χ2v) is 11.1. The van der Waals surface area contributed by atoms with E-state index in [4.69, 9.17) is 9.47 Å². The number of nitrogens with one attached hydrogen (secondary N) is 2. The molecule has 4 aromatic carbocycles. The van der Waals surface area contributed by atoms with Gasteiger partial charge in [0, 0.05) is 22.2 Å². The number of thiazole rings is 1. The summed E-state index contributed by atoms with van der Waals surface area (Å²) in [6.45, 7) is 2.49. The second kappa shape index (κ2) is 13.4. The normalized spacial score (nSPS) is 10.9. The zero-order chi connectivity index (χ0) is 28.6. The number of aryl methyl sites for hydroxylation is 1. The Hall–Kier alpha value is -4.22. The molecular weight excluding hydrogens is 647 g/mol. The molecule has 2 N–H and O–H groups in total. The first-order valence-electron chi connectivity index (χ1n) is 12.8. The molecule has 7 nitrogen and oxygen atoms in total. The highest BCUT2D eigenvalue weighted by atomic mass is 127. The summed E-state index contributed by atoms with van der Waals surface area (Å²) < 4.78 is 12.5. The molecule has 0 aliphatic rings. The largest absolute Gasteiger partial charge is 0.493 e. The van der Waals surface area contributed by atoms with Crippen LogP contribution in [0.3, 0.4) is 0 Å². The van der Waals surface area contributed by atoms with Gasteiger partial charge < -0.3 is 14.8 Å². The van der Waals surface area contributed by atoms with Gasteiger partial charge in [0.25, 0.3) is 5.91 Å². The van der Waals surface area contributed by atoms with Crippen LogP contribution in [0.4, 0.5) is 10.8 Å². The number of anilines is 2. The second-order valence-electron chi connectivity index (χ2n) is 9.11. The monoisotopic (exact) mass is 674 g/mol. The van der Waals surface area contributed by atoms with E-state index in [-0.39, 0.29) is 5.91 Å². The van der Waals surface area contributed by atoms with Gasteiger partial charge in [0.15, 0.2) is 16.6 Å². The van der Waals surface area contributed by atoms with Crippen molar-refractivity contribution in [1.82, 2.24) is 10.4 Å². The van der Waals surface area contributed by atoms with Gasteiger partial charge in [0.05, 0.1) is 22.6 Å². The van der Waals surface area contributed by atoms with Crippen LogP contribution in [0.15, 0.2) is 101 Å². The Morgan fingerprint density at radius 2 is 1.78 bits per heavy atom. The van der Waals surface area contributed by atoms with Crippen LogP contribution in [-0.4, -0.2) is 24.2 Å². The average Bonchev–Trinajstić information content (AvgIpc) is 3.46. The fourth-order valence-electron chi connectivity index (χ4n) is 3.93. The molecule has 0 atom stereocenters. The average molecular weight is 675 g/mol. The Balaban J connectivity index is 1.18. The maximum atomic E-state index is 12.7. The molecule has 5 aromatic rings. The SMILES string of the molecule is COc1cc(/C=N\NC(=O)c2ccc(-c3csc(Nc4ccccc4)n3)cc2)cc(I)c1OCc1ccc(C)cc1. The van der Waals surface area contributed by atoms with Crippen LogP contribution >= 0.6 is 33.9 Å². The molecule has 206 valence electrons. The van der Waals surface area contributed by atoms with E-state index >= 15 is 0 Å². The van der Waals surface area contributed by atoms with Crippen LogP contribution in [0.5, 0.6) is 11.5 Å². The topological polar surface area (TPSA) is 84.8 Å². The van der Waals surface area contributed by atoms with Gasteiger partial charge in [-0.3, -0.25) is 4.79 Å². The molecule has 0 fully saturated rings. The number of methoxy groups -OCH3 is 1. The van der Waals surface area contributed by atoms with Gasteiger partial charge in [-0.25, -0.2) is 10.4 Å². The Kier molecular flexibility index (Phi) is 9.27. The first kappa shape index (κ1) is 28.3. The number of carbonyl (C=O) groups excluding carboxylic acids is 1. The van der Waals surface area contributed by atoms with E-state index in [0.717, 1.165) is 36.8 Å². The van der Waals surface area contributed by atoms with Crippen LogP contribution in [0.25, 0.3) is 11.3 Å². The van der Waals surface area contributed by atoms with Crippen LogP contribution in [0.2, 0.25) is 0 Å². The number of para-hydroxylation sites is 1. The Morgan fingerprint density at radius 3 is 2.51 bits per heavy atom. The molecule has 0 saturated heterocycles. The fourth-order valence-corrected chi connectivity index (χ4v) is 5.45. The summed E-state index contributed by atoms with van der Waals surface area (Å²) in [6, 6.07) is 29.1. The minimum Gasteiger partial charge on any atom is -0.493 e. The number of halogens is 1. The summed E-state index contributed by atoms with van der Waals surface area (Å²) in [5.41, 5.74) is 8.89. The van der Waals surface area contributed by atoms with Crippen LogP contribution in [0.1, 0.15) is 27.0 Å². The third-order valence-electron chi connectivity index (χ3n) is 6.11. The summed E-state index contributed by atoms with van der Waals surface area (Å²) in [5.74, 6) is 0.951. The summed E-state index contributed by atoms with van der Waals surface area (Å²) in [4.78, 5) is 17.3. The van der Waals surface area contributed by atoms with E-state index in [0.29, 0.717) is 23.7 Å². The van der Waals surface area contributed by atoms with E-state index in [1.54, 1.807) is 25.5 Å². The van der Waals surface area contributed by atoms with Crippen molar-refractivity contribution in [3.8, 4) is 22.8 Å². The number of rotatable bonds is 10. The van der Waals surface area contributed by atoms with E-state index in [9.17, 15) is 4.79 Å². The number of amides is 1. The van der Waals surface area contributed by atoms with Crippen LogP contribution in [-0.2, 0) is 6.61 Å². The first-order valence-corrected chi connectivity index (χ1v) is 14.7. The molecule has 0 bridgehead atoms. The molecule has 0 saturated carbocycles. The van der Waals surface area contributed by atoms with Crippen LogP contribution in [0, 0.1) is 10.5 Å². The number of benzene rings is 4. The Labute approximate surface area is 256 Å². The minimum absolute atomic E-state index is 0.308. The molecule has 0 aliphatic carbocycles. The molecule has 0 spiro atoms. The van der Waals surface area contributed by atoms with Crippen molar-refractivity contribution in [2.45, 2.75) is 13.5 Å². The van der Waals surface area contributed by atoms with Crippen molar-refractivity contribution in [2.75, 3.05) is 12.4 Å². The molecule has 1 heterocycles. The summed E-state index contributed by atoms with van der Waals surface area (Å²) in [6.07, 6.45) is 1.58. The van der Waals surface area contributed by atoms with Gasteiger partial charge in [-0.2, -0.15) is 5.10 Å². The van der Waals surface area contributed by atoms with Crippen molar-refractivity contribution in [3.63, 3.8) is 0 Å². The number of carbonyl (C=O) groups is 1. The molecule has 0 aliphatic heterocycles. The predicted octanol–water partition coefficient (Wildman–Crippen LogP) is 7.82. The third-order valence-corrected chi connectivity index (χ3v) is 7.67. The molecule has 0 radical (unpaired) electrons. The highest BCUT2D eigenvalue weighted by Gasteiger charge is 2.12. The van der Waals surface area contributed by atoms with E-state index in [2.05, 4.69) is 62.5 Å². The summed E-state index contributed by atoms with van der Waals surface area (Å²) in [7, 11) is 1.60. The van der Waals surface area contributed by atoms with Crippen molar-refractivity contribution < 1.29 is 14.3 Å². The number of hydrogen-bond acceptors (Lipinski definition) is 7. The molecule has 9 heteroatoms. The molecular formula is C32H27IN4O3S. The van der Waals surface area contributed by atoms with Gasteiger partial charge in [0.1, 0.15) is 6.61 Å². The van der Waals surface area contributed by atoms with Gasteiger partial charge >= 0.3 is 0 Å². The number of hydrazone groups is 1. The van der Waals surface area contributed by atoms with Crippen molar-refractivity contribution >= 4 is 56.9 Å². The van der Waals surface area contributed by atoms with Gasteiger partial charge in [-0.05, 0) is 77.0 Å². The zero-order valence-electron chi connectivity index (χ0n) is 22.4. The highest BCUT2D eigenvalue weighted by Crippen LogP contribution is 2.34. The number of ether oxygens (including phenoxy) is 2. The van der Waals surface area contributed by atoms with E-state index < -0.39 is 0 Å². The van der Waals surface area contributed by atoms with Crippen molar-refractivity contribution in [2.24, 2.45) is 5.10 Å². The maximum absolute atomic E-state index is 12.7. The van der Waals surface area contributed by atoms with E-state index in [1.807, 2.05) is 72.1 Å². The van der Waals surface area contributed by atoms with Crippen molar-refractivity contribution in [3.05, 3.63) is 122 Å². The predicted molar refractivity (Wildman–Crippen MR) is 174 cm³/mol. The zero-order valence-corrected chi connectivity index (χ0v) is 25.4. The number of aromatic nitrogens is 1. The third kappa shape index (κ3) is 7.50. The highest BCUT2D eigenvalue weighted by molar-refractivity contribution is 14.1. The lowest BCUT2D eigenvalue weighted by Crippen LogP contribution is -2.17. The Morgan fingerprint density at radius 1 is 1.02 bits per heavy atom. The number of hydrogen-bond donors (Lipinski definition) is 2. The molecule has 0 unspecified atom stereocenters. The minimum atomic E-state index is -0.308. The van der Waals surface area contributed by atoms with Gasteiger partial charge in [-0.1, -0.05) is 60.2 Å². The van der Waals surface area contributed by atoms with Gasteiger partial charge in [-0.15, -0.1) is 11.3 Å². The molecule has 1 amide bonds. The van der Waals surface area contributed by atoms with E-state index in [1.165, 1.54) is 16.9 Å². The fraction of sp³-hybridized carbons (Fsp3) is 0.0938. The molecule has 5 rings (SSSR count). The summed E-state index contributed by atoms with van der Waals surface area (Å²) >= 11 is 3.74. The lowest BCUT2D eigenvalue weighted by molar-refractivity contribution is 0.0955. The Bertz CT molecular complexity index is 1650. The smallest absolute Gasteiger partial charge is 0.271 e. The first-order chi connectivity index (χ1) is 20.0. The van der Waals surface area contributed by atoms with Gasteiger partial charge in [0.2, 0.25) is 0 Å². The number of nitrogens with zero attached hydrogens (tertiary/aromatic N) is 2. The summed E-state index contributed by atoms with van der Waals surface area (Å²) in [5, 5.41) is 10.2. The lowest BCUT2D eigenvalue weighted by atomic mass is 10.1. The molecule has 41 heavy (non-hydrogen) atoms. The van der Waals surface area contributed by atoms with Crippen LogP contribution < -0.4 is 20.2 Å². The maximum Gasteiger partial charge on any atom is 0.271 e. The standard InChI is InChI=1S/C32H27IN4O3S/c1-21-8-10-22(11-9-21)19-40-30-27(33)16-23(17-29(30)39-2)18-34-37-31(38)25-14-12-24(13-15-25)28-20-41-32(36-28)35-26-6-4-3-5-7-26/h3-18,20H,19H2,1-2H3,(H,35,36)(H,37,38)/b34-18-. The lowest BCUT2D eigenvalue weighted by Gasteiger charge is -2.13.